The van der Waals surface area contributed by atoms with Gasteiger partial charge in [0.05, 0.1) is 14.2 Å². The molecular weight excluding hydrogens is 396 g/mol. The lowest BCUT2D eigenvalue weighted by atomic mass is 9.93. The summed E-state index contributed by atoms with van der Waals surface area (Å²) >= 11 is 0. The van der Waals surface area contributed by atoms with Gasteiger partial charge in [0.15, 0.2) is 8.32 Å². The van der Waals surface area contributed by atoms with Crippen molar-refractivity contribution in [1.82, 2.24) is 0 Å². The Balaban J connectivity index is 3.61. The van der Waals surface area contributed by atoms with Gasteiger partial charge in [0.1, 0.15) is 0 Å². The Morgan fingerprint density at radius 3 is 1.80 bits per heavy atom. The Kier molecular flexibility index (Phi) is 11.9. The van der Waals surface area contributed by atoms with Crippen LogP contribution in [0.1, 0.15) is 59.4 Å². The van der Waals surface area contributed by atoms with Crippen molar-refractivity contribution in [3.63, 3.8) is 0 Å². The van der Waals surface area contributed by atoms with Gasteiger partial charge in [-0.25, -0.2) is 0 Å². The van der Waals surface area contributed by atoms with Crippen molar-refractivity contribution in [3.8, 4) is 0 Å². The van der Waals surface area contributed by atoms with Gasteiger partial charge < -0.3 is 4.43 Å². The SMILES string of the molecule is C=CC/C(=C\C(O[Si](CC)(CC)CC)C(C=C)c1ccccc1)[Si](CC)(CC)CC. The number of rotatable bonds is 15. The number of hydrogen-bond acceptors (Lipinski definition) is 1. The summed E-state index contributed by atoms with van der Waals surface area (Å²) in [6.45, 7) is 22.5. The van der Waals surface area contributed by atoms with Gasteiger partial charge in [-0.2, -0.15) is 0 Å². The zero-order valence-corrected chi connectivity index (χ0v) is 22.5. The van der Waals surface area contributed by atoms with Crippen molar-refractivity contribution >= 4 is 16.4 Å². The molecule has 0 heterocycles. The fraction of sp³-hybridized carbons (Fsp3) is 0.556. The quantitative estimate of drug-likeness (QED) is 0.194. The van der Waals surface area contributed by atoms with Crippen molar-refractivity contribution in [2.24, 2.45) is 0 Å². The molecule has 0 bridgehead atoms. The molecule has 1 aromatic rings. The minimum Gasteiger partial charge on any atom is -0.410 e. The van der Waals surface area contributed by atoms with E-state index in [1.54, 1.807) is 5.20 Å². The second kappa shape index (κ2) is 13.3. The molecule has 168 valence electrons. The molecular formula is C27H46OSi2. The van der Waals surface area contributed by atoms with Gasteiger partial charge >= 0.3 is 0 Å². The van der Waals surface area contributed by atoms with Crippen LogP contribution >= 0.6 is 0 Å². The first-order valence-corrected chi connectivity index (χ1v) is 17.3. The van der Waals surface area contributed by atoms with E-state index < -0.39 is 16.4 Å². The molecule has 0 saturated carbocycles. The van der Waals surface area contributed by atoms with Gasteiger partial charge in [-0.15, -0.1) is 13.2 Å². The van der Waals surface area contributed by atoms with Gasteiger partial charge in [0.2, 0.25) is 0 Å². The summed E-state index contributed by atoms with van der Waals surface area (Å²) in [7, 11) is -3.28. The number of benzene rings is 1. The molecule has 0 N–H and O–H groups in total. The lowest BCUT2D eigenvalue weighted by molar-refractivity contribution is 0.216. The van der Waals surface area contributed by atoms with Crippen molar-refractivity contribution < 1.29 is 4.43 Å². The van der Waals surface area contributed by atoms with Crippen LogP contribution in [-0.4, -0.2) is 22.5 Å². The molecule has 0 spiro atoms. The molecule has 0 amide bonds. The van der Waals surface area contributed by atoms with E-state index in [1.165, 1.54) is 23.7 Å². The molecule has 1 rings (SSSR count). The van der Waals surface area contributed by atoms with E-state index in [1.807, 2.05) is 0 Å². The van der Waals surface area contributed by atoms with Crippen LogP contribution in [0.5, 0.6) is 0 Å². The van der Waals surface area contributed by atoms with E-state index in [2.05, 4.69) is 103 Å². The maximum absolute atomic E-state index is 7.18. The largest absolute Gasteiger partial charge is 0.410 e. The topological polar surface area (TPSA) is 9.23 Å². The molecule has 30 heavy (non-hydrogen) atoms. The Bertz CT molecular complexity index is 640. The van der Waals surface area contributed by atoms with E-state index in [9.17, 15) is 0 Å². The van der Waals surface area contributed by atoms with Crippen LogP contribution in [0.25, 0.3) is 0 Å². The fourth-order valence-electron chi connectivity index (χ4n) is 4.88. The summed E-state index contributed by atoms with van der Waals surface area (Å²) in [4.78, 5) is 0. The van der Waals surface area contributed by atoms with Crippen molar-refractivity contribution in [2.45, 2.75) is 96.2 Å². The van der Waals surface area contributed by atoms with E-state index >= 15 is 0 Å². The predicted octanol–water partition coefficient (Wildman–Crippen LogP) is 8.90. The number of allylic oxidation sites excluding steroid dienone is 2. The molecule has 0 aromatic heterocycles. The van der Waals surface area contributed by atoms with Crippen LogP contribution in [0.4, 0.5) is 0 Å². The van der Waals surface area contributed by atoms with Crippen LogP contribution in [-0.2, 0) is 4.43 Å². The zero-order chi connectivity index (χ0) is 22.6. The molecule has 0 aliphatic carbocycles. The Labute approximate surface area is 189 Å². The molecule has 0 saturated heterocycles. The van der Waals surface area contributed by atoms with Crippen molar-refractivity contribution in [2.75, 3.05) is 0 Å². The van der Waals surface area contributed by atoms with Crippen molar-refractivity contribution in [1.29, 1.82) is 0 Å². The van der Waals surface area contributed by atoms with Crippen LogP contribution in [0.2, 0.25) is 36.3 Å². The van der Waals surface area contributed by atoms with E-state index in [-0.39, 0.29) is 12.0 Å². The van der Waals surface area contributed by atoms with E-state index in [4.69, 9.17) is 4.43 Å². The molecule has 1 aromatic carbocycles. The highest BCUT2D eigenvalue weighted by atomic mass is 28.4. The Hall–Kier alpha value is -1.17. The Morgan fingerprint density at radius 2 is 1.40 bits per heavy atom. The van der Waals surface area contributed by atoms with Gasteiger partial charge in [-0.05, 0) is 30.1 Å². The first-order valence-electron chi connectivity index (χ1n) is 12.1. The third-order valence-electron chi connectivity index (χ3n) is 7.55. The summed E-state index contributed by atoms with van der Waals surface area (Å²) in [5.74, 6) is 0.180. The molecule has 0 fully saturated rings. The highest BCUT2D eigenvalue weighted by Gasteiger charge is 2.36. The maximum Gasteiger partial charge on any atom is 0.192 e. The lowest BCUT2D eigenvalue weighted by Gasteiger charge is -2.38. The average Bonchev–Trinajstić information content (AvgIpc) is 2.80. The lowest BCUT2D eigenvalue weighted by Crippen LogP contribution is -2.42. The monoisotopic (exact) mass is 442 g/mol. The molecule has 2 atom stereocenters. The van der Waals surface area contributed by atoms with Crippen molar-refractivity contribution in [3.05, 3.63) is 72.5 Å². The maximum atomic E-state index is 7.18. The summed E-state index contributed by atoms with van der Waals surface area (Å²) in [5.41, 5.74) is 1.30. The average molecular weight is 443 g/mol. The van der Waals surface area contributed by atoms with Crippen LogP contribution in [0.15, 0.2) is 66.9 Å². The summed E-state index contributed by atoms with van der Waals surface area (Å²) in [6, 6.07) is 18.1. The van der Waals surface area contributed by atoms with Crippen LogP contribution in [0.3, 0.4) is 0 Å². The summed E-state index contributed by atoms with van der Waals surface area (Å²) in [5, 5.41) is 1.63. The molecule has 1 nitrogen and oxygen atoms in total. The Morgan fingerprint density at radius 1 is 0.867 bits per heavy atom. The summed E-state index contributed by atoms with van der Waals surface area (Å²) in [6.07, 6.45) is 7.78. The fourth-order valence-corrected chi connectivity index (χ4v) is 11.6. The third kappa shape index (κ3) is 6.42. The normalized spacial score (nSPS) is 14.9. The van der Waals surface area contributed by atoms with Gasteiger partial charge in [0, 0.05) is 5.92 Å². The highest BCUT2D eigenvalue weighted by molar-refractivity contribution is 6.86. The molecule has 2 unspecified atom stereocenters. The summed E-state index contributed by atoms with van der Waals surface area (Å²) < 4.78 is 7.18. The zero-order valence-electron chi connectivity index (χ0n) is 20.5. The predicted molar refractivity (Wildman–Crippen MR) is 142 cm³/mol. The van der Waals surface area contributed by atoms with Crippen LogP contribution < -0.4 is 0 Å². The van der Waals surface area contributed by atoms with E-state index in [0.29, 0.717) is 0 Å². The molecule has 3 heteroatoms. The second-order valence-corrected chi connectivity index (χ2v) is 18.6. The molecule has 0 aliphatic rings. The molecule has 0 radical (unpaired) electrons. The van der Waals surface area contributed by atoms with Gasteiger partial charge in [0.25, 0.3) is 0 Å². The third-order valence-corrected chi connectivity index (χ3v) is 18.0. The minimum absolute atomic E-state index is 0.0582. The smallest absolute Gasteiger partial charge is 0.192 e. The number of hydrogen-bond donors (Lipinski definition) is 0. The van der Waals surface area contributed by atoms with E-state index in [0.717, 1.165) is 24.6 Å². The first-order chi connectivity index (χ1) is 14.4. The highest BCUT2D eigenvalue weighted by Crippen LogP contribution is 2.36. The second-order valence-electron chi connectivity index (χ2n) is 8.52. The standard InChI is InChI=1S/C27H46OSi2/c1-9-20-25(29(11-3,12-4)13-5)23-27(28-30(14-6,15-7)16-8)26(10-2)24-21-18-17-19-22-24/h9-10,17-19,21-23,26-27H,1-2,11-16,20H2,3-8H3/b25-23+. The van der Waals surface area contributed by atoms with Gasteiger partial charge in [-0.3, -0.25) is 0 Å². The first kappa shape index (κ1) is 26.9. The van der Waals surface area contributed by atoms with Gasteiger partial charge in [-0.1, -0.05) is 113 Å². The van der Waals surface area contributed by atoms with Crippen LogP contribution in [0, 0.1) is 0 Å². The minimum atomic E-state index is -1.77. The molecule has 0 aliphatic heterocycles.